The maximum atomic E-state index is 12.6. The molecule has 0 N–H and O–H groups in total. The Morgan fingerprint density at radius 1 is 0.786 bits per heavy atom. The van der Waals surface area contributed by atoms with Crippen molar-refractivity contribution in [1.29, 1.82) is 0 Å². The fourth-order valence-corrected chi connectivity index (χ4v) is 3.33. The minimum atomic E-state index is -0.321. The Morgan fingerprint density at radius 3 is 2.18 bits per heavy atom. The fraction of sp³-hybridized carbons (Fsp3) is 0.269. The van der Waals surface area contributed by atoms with E-state index >= 15 is 0 Å². The zero-order valence-electron chi connectivity index (χ0n) is 16.6. The largest absolute Gasteiger partial charge is 0.422 e. The number of rotatable bonds is 9. The van der Waals surface area contributed by atoms with Crippen LogP contribution in [0.5, 0.6) is 5.75 Å². The molecule has 3 aromatic carbocycles. The van der Waals surface area contributed by atoms with Gasteiger partial charge in [0, 0.05) is 5.56 Å². The van der Waals surface area contributed by atoms with E-state index in [4.69, 9.17) is 4.74 Å². The number of carbonyl (C=O) groups is 1. The first kappa shape index (κ1) is 19.9. The highest BCUT2D eigenvalue weighted by atomic mass is 16.5. The van der Waals surface area contributed by atoms with Gasteiger partial charge in [0.1, 0.15) is 5.75 Å². The summed E-state index contributed by atoms with van der Waals surface area (Å²) in [7, 11) is 0. The van der Waals surface area contributed by atoms with Gasteiger partial charge in [0.25, 0.3) is 0 Å². The van der Waals surface area contributed by atoms with Crippen LogP contribution in [0, 0.1) is 0 Å². The molecule has 0 bridgehead atoms. The monoisotopic (exact) mass is 372 g/mol. The SMILES string of the molecule is CCCCCCCc1ccc(-c2ccccc2)c(OC(=O)c2ccccc2)c1. The molecular weight excluding hydrogens is 344 g/mol. The molecule has 3 aromatic rings. The summed E-state index contributed by atoms with van der Waals surface area (Å²) < 4.78 is 5.83. The number of hydrogen-bond acceptors (Lipinski definition) is 2. The highest BCUT2D eigenvalue weighted by molar-refractivity contribution is 5.92. The molecule has 0 fully saturated rings. The molecule has 2 nitrogen and oxygen atoms in total. The van der Waals surface area contributed by atoms with Crippen molar-refractivity contribution < 1.29 is 9.53 Å². The summed E-state index contributed by atoms with van der Waals surface area (Å²) in [6.45, 7) is 2.23. The first-order chi connectivity index (χ1) is 13.8. The molecule has 144 valence electrons. The summed E-state index contributed by atoms with van der Waals surface area (Å²) in [4.78, 5) is 12.6. The van der Waals surface area contributed by atoms with Gasteiger partial charge in [-0.15, -0.1) is 0 Å². The average Bonchev–Trinajstić information content (AvgIpc) is 2.75. The molecule has 2 heteroatoms. The van der Waals surface area contributed by atoms with Crippen molar-refractivity contribution >= 4 is 5.97 Å². The van der Waals surface area contributed by atoms with E-state index in [2.05, 4.69) is 19.1 Å². The molecule has 0 aliphatic carbocycles. The summed E-state index contributed by atoms with van der Waals surface area (Å²) in [6.07, 6.45) is 7.26. The molecule has 0 saturated carbocycles. The number of benzene rings is 3. The van der Waals surface area contributed by atoms with Gasteiger partial charge in [0.15, 0.2) is 0 Å². The molecule has 0 radical (unpaired) electrons. The molecule has 0 aliphatic heterocycles. The van der Waals surface area contributed by atoms with Crippen LogP contribution in [0.4, 0.5) is 0 Å². The Bertz CT molecular complexity index is 869. The Labute approximate surface area is 168 Å². The second-order valence-electron chi connectivity index (χ2n) is 7.12. The van der Waals surface area contributed by atoms with Crippen LogP contribution in [0.1, 0.15) is 54.9 Å². The minimum Gasteiger partial charge on any atom is -0.422 e. The number of hydrogen-bond donors (Lipinski definition) is 0. The lowest BCUT2D eigenvalue weighted by molar-refractivity contribution is 0.0735. The lowest BCUT2D eigenvalue weighted by atomic mass is 9.99. The van der Waals surface area contributed by atoms with Crippen molar-refractivity contribution in [3.05, 3.63) is 90.0 Å². The molecule has 0 amide bonds. The van der Waals surface area contributed by atoms with E-state index in [0.717, 1.165) is 24.0 Å². The Morgan fingerprint density at radius 2 is 1.46 bits per heavy atom. The van der Waals surface area contributed by atoms with Gasteiger partial charge in [-0.1, -0.05) is 93.3 Å². The molecular formula is C26H28O2. The van der Waals surface area contributed by atoms with Gasteiger partial charge in [-0.2, -0.15) is 0 Å². The predicted octanol–water partition coefficient (Wildman–Crippen LogP) is 7.09. The second-order valence-corrected chi connectivity index (χ2v) is 7.12. The van der Waals surface area contributed by atoms with Crippen LogP contribution < -0.4 is 4.74 Å². The van der Waals surface area contributed by atoms with E-state index in [0.29, 0.717) is 11.3 Å². The minimum absolute atomic E-state index is 0.321. The smallest absolute Gasteiger partial charge is 0.343 e. The Hall–Kier alpha value is -2.87. The number of ether oxygens (including phenoxy) is 1. The molecule has 3 rings (SSSR count). The molecule has 0 atom stereocenters. The highest BCUT2D eigenvalue weighted by Gasteiger charge is 2.13. The highest BCUT2D eigenvalue weighted by Crippen LogP contribution is 2.32. The van der Waals surface area contributed by atoms with Gasteiger partial charge in [0.2, 0.25) is 0 Å². The van der Waals surface area contributed by atoms with E-state index in [9.17, 15) is 4.79 Å². The first-order valence-electron chi connectivity index (χ1n) is 10.2. The second kappa shape index (κ2) is 10.5. The number of aryl methyl sites for hydroxylation is 1. The van der Waals surface area contributed by atoms with Crippen molar-refractivity contribution in [1.82, 2.24) is 0 Å². The molecule has 0 aliphatic rings. The first-order valence-corrected chi connectivity index (χ1v) is 10.2. The summed E-state index contributed by atoms with van der Waals surface area (Å²) in [5.41, 5.74) is 3.77. The van der Waals surface area contributed by atoms with Crippen LogP contribution in [0.25, 0.3) is 11.1 Å². The predicted molar refractivity (Wildman–Crippen MR) is 116 cm³/mol. The van der Waals surface area contributed by atoms with E-state index in [-0.39, 0.29) is 5.97 Å². The van der Waals surface area contributed by atoms with Crippen molar-refractivity contribution in [2.75, 3.05) is 0 Å². The number of carbonyl (C=O) groups excluding carboxylic acids is 1. The molecule has 0 spiro atoms. The van der Waals surface area contributed by atoms with Crippen LogP contribution in [-0.4, -0.2) is 5.97 Å². The van der Waals surface area contributed by atoms with Crippen molar-refractivity contribution in [2.24, 2.45) is 0 Å². The van der Waals surface area contributed by atoms with Crippen molar-refractivity contribution in [2.45, 2.75) is 45.4 Å². The maximum Gasteiger partial charge on any atom is 0.343 e. The van der Waals surface area contributed by atoms with Gasteiger partial charge in [0.05, 0.1) is 5.56 Å². The van der Waals surface area contributed by atoms with Gasteiger partial charge < -0.3 is 4.74 Å². The van der Waals surface area contributed by atoms with E-state index in [1.165, 1.54) is 31.2 Å². The van der Waals surface area contributed by atoms with Crippen molar-refractivity contribution in [3.8, 4) is 16.9 Å². The summed E-state index contributed by atoms with van der Waals surface area (Å²) in [5.74, 6) is 0.309. The zero-order valence-corrected chi connectivity index (χ0v) is 16.6. The molecule has 0 unspecified atom stereocenters. The van der Waals surface area contributed by atoms with Crippen LogP contribution >= 0.6 is 0 Å². The molecule has 0 aromatic heterocycles. The van der Waals surface area contributed by atoms with Gasteiger partial charge in [-0.05, 0) is 42.2 Å². The fourth-order valence-electron chi connectivity index (χ4n) is 3.33. The Balaban J connectivity index is 1.81. The topological polar surface area (TPSA) is 26.3 Å². The normalized spacial score (nSPS) is 10.6. The number of unbranched alkanes of at least 4 members (excludes halogenated alkanes) is 4. The standard InChI is InChI=1S/C26H28O2/c1-2-3-4-5-8-13-21-18-19-24(22-14-9-6-10-15-22)25(20-21)28-26(27)23-16-11-7-12-17-23/h6-7,9-12,14-20H,2-5,8,13H2,1H3. The van der Waals surface area contributed by atoms with Crippen LogP contribution in [0.15, 0.2) is 78.9 Å². The average molecular weight is 373 g/mol. The van der Waals surface area contributed by atoms with E-state index in [1.807, 2.05) is 54.6 Å². The summed E-state index contributed by atoms with van der Waals surface area (Å²) in [5, 5.41) is 0. The van der Waals surface area contributed by atoms with Gasteiger partial charge >= 0.3 is 5.97 Å². The summed E-state index contributed by atoms with van der Waals surface area (Å²) in [6, 6.07) is 25.5. The lowest BCUT2D eigenvalue weighted by Crippen LogP contribution is -2.09. The molecule has 28 heavy (non-hydrogen) atoms. The summed E-state index contributed by atoms with van der Waals surface area (Å²) >= 11 is 0. The maximum absolute atomic E-state index is 12.6. The van der Waals surface area contributed by atoms with Gasteiger partial charge in [-0.3, -0.25) is 0 Å². The third-order valence-corrected chi connectivity index (χ3v) is 4.91. The van der Waals surface area contributed by atoms with E-state index in [1.54, 1.807) is 12.1 Å². The third kappa shape index (κ3) is 5.56. The number of esters is 1. The third-order valence-electron chi connectivity index (χ3n) is 4.91. The van der Waals surface area contributed by atoms with Crippen LogP contribution in [-0.2, 0) is 6.42 Å². The molecule has 0 heterocycles. The lowest BCUT2D eigenvalue weighted by Gasteiger charge is -2.13. The van der Waals surface area contributed by atoms with Crippen LogP contribution in [0.3, 0.4) is 0 Å². The van der Waals surface area contributed by atoms with Crippen molar-refractivity contribution in [3.63, 3.8) is 0 Å². The quantitative estimate of drug-likeness (QED) is 0.228. The molecule has 0 saturated heterocycles. The van der Waals surface area contributed by atoms with Crippen LogP contribution in [0.2, 0.25) is 0 Å². The zero-order chi connectivity index (χ0) is 19.6. The Kier molecular flexibility index (Phi) is 7.43. The van der Waals surface area contributed by atoms with E-state index < -0.39 is 0 Å². The van der Waals surface area contributed by atoms with Gasteiger partial charge in [-0.25, -0.2) is 4.79 Å².